The van der Waals surface area contributed by atoms with Crippen molar-refractivity contribution in [1.82, 2.24) is 20.9 Å². The zero-order valence-electron chi connectivity index (χ0n) is 28.6. The molecule has 0 aliphatic carbocycles. The number of piperidine rings is 1. The van der Waals surface area contributed by atoms with Gasteiger partial charge in [-0.25, -0.2) is 4.79 Å². The van der Waals surface area contributed by atoms with Crippen molar-refractivity contribution in [1.29, 1.82) is 0 Å². The van der Waals surface area contributed by atoms with Gasteiger partial charge in [-0.2, -0.15) is 5.92 Å². The number of esters is 1. The van der Waals surface area contributed by atoms with Crippen LogP contribution in [-0.2, 0) is 64.1 Å². The van der Waals surface area contributed by atoms with Crippen molar-refractivity contribution < 1.29 is 69.2 Å². The van der Waals surface area contributed by atoms with E-state index < -0.39 is 71.7 Å². The van der Waals surface area contributed by atoms with Gasteiger partial charge >= 0.3 is 11.9 Å². The SMILES string of the molecule is [B]C(CCC(=O)OC(C)(C)C)C(=O)N[C@@H]1C(=O)N2C(CC[C@H]2C(=O)NC(C)C(=O)NCCCCC(=O)COCC(=O)O)CC1C([CH2-])C.[Mo]. The Balaban J connectivity index is 0.0000115. The normalized spacial score (nSPS) is 22.3. The molecule has 2 saturated heterocycles. The molecule has 0 aromatic carbocycles. The molecule has 0 aromatic rings. The zero-order valence-corrected chi connectivity index (χ0v) is 30.6. The fourth-order valence-electron chi connectivity index (χ4n) is 5.80. The van der Waals surface area contributed by atoms with Gasteiger partial charge in [-0.05, 0) is 72.1 Å². The van der Waals surface area contributed by atoms with Crippen LogP contribution in [-0.4, -0.2) is 109 Å². The average molecular weight is 758 g/mol. The number of carbonyl (C=O) groups is 7. The predicted molar refractivity (Wildman–Crippen MR) is 171 cm³/mol. The molecule has 2 rings (SSSR count). The first-order chi connectivity index (χ1) is 21.9. The number of ketones is 1. The summed E-state index contributed by atoms with van der Waals surface area (Å²) in [5.74, 6) is -5.30. The summed E-state index contributed by atoms with van der Waals surface area (Å²) in [5.41, 5.74) is -0.668. The smallest absolute Gasteiger partial charge is 0.329 e. The third kappa shape index (κ3) is 14.0. The minimum absolute atomic E-state index is 0. The second-order valence-electron chi connectivity index (χ2n) is 13.5. The van der Waals surface area contributed by atoms with Crippen LogP contribution < -0.4 is 16.0 Å². The molecular formula is C32H50BMoN4O10-. The molecule has 2 aliphatic heterocycles. The molecule has 0 aromatic heterocycles. The Morgan fingerprint density at radius 2 is 1.71 bits per heavy atom. The van der Waals surface area contributed by atoms with Gasteiger partial charge in [0.05, 0.1) is 7.85 Å². The largest absolute Gasteiger partial charge is 0.480 e. The molecule has 0 saturated carbocycles. The molecule has 2 heterocycles. The monoisotopic (exact) mass is 759 g/mol. The summed E-state index contributed by atoms with van der Waals surface area (Å²) in [5, 5.41) is 16.7. The van der Waals surface area contributed by atoms with Crippen LogP contribution in [0.15, 0.2) is 0 Å². The van der Waals surface area contributed by atoms with Crippen LogP contribution in [0.25, 0.3) is 0 Å². The molecular weight excluding hydrogens is 707 g/mol. The molecule has 2 radical (unpaired) electrons. The quantitative estimate of drug-likeness (QED) is 0.0674. The maximum atomic E-state index is 13.8. The fourth-order valence-corrected chi connectivity index (χ4v) is 5.80. The van der Waals surface area contributed by atoms with E-state index in [1.807, 2.05) is 6.92 Å². The predicted octanol–water partition coefficient (Wildman–Crippen LogP) is 0.859. The molecule has 2 aliphatic rings. The maximum Gasteiger partial charge on any atom is 0.329 e. The molecule has 4 N–H and O–H groups in total. The van der Waals surface area contributed by atoms with Crippen LogP contribution in [0.1, 0.15) is 86.0 Å². The van der Waals surface area contributed by atoms with E-state index in [1.54, 1.807) is 20.8 Å². The van der Waals surface area contributed by atoms with E-state index >= 15 is 0 Å². The summed E-state index contributed by atoms with van der Waals surface area (Å²) in [4.78, 5) is 88.5. The van der Waals surface area contributed by atoms with Gasteiger partial charge in [-0.1, -0.05) is 6.92 Å². The number of nitrogens with zero attached hydrogens (tertiary/aromatic N) is 1. The Hall–Kier alpha value is -2.80. The number of aliphatic carboxylic acids is 1. The van der Waals surface area contributed by atoms with Gasteiger partial charge in [0, 0.05) is 52.3 Å². The first-order valence-electron chi connectivity index (χ1n) is 16.2. The summed E-state index contributed by atoms with van der Waals surface area (Å²) in [6.07, 6.45) is 2.63. The number of carboxylic acids is 1. The Labute approximate surface area is 298 Å². The van der Waals surface area contributed by atoms with Gasteiger partial charge in [-0.15, -0.1) is 0 Å². The molecule has 14 nitrogen and oxygen atoms in total. The minimum atomic E-state index is -1.16. The second kappa shape index (κ2) is 20.0. The number of hydrogen-bond donors (Lipinski definition) is 4. The number of fused-ring (bicyclic) bond motifs is 1. The molecule has 48 heavy (non-hydrogen) atoms. The number of amides is 4. The van der Waals surface area contributed by atoms with Crippen molar-refractivity contribution >= 4 is 49.2 Å². The van der Waals surface area contributed by atoms with Gasteiger partial charge < -0.3 is 42.4 Å². The minimum Gasteiger partial charge on any atom is -0.480 e. The first kappa shape index (κ1) is 43.2. The summed E-state index contributed by atoms with van der Waals surface area (Å²) in [6.45, 7) is 12.2. The topological polar surface area (TPSA) is 198 Å². The Kier molecular flexibility index (Phi) is 18.0. The average Bonchev–Trinajstić information content (AvgIpc) is 3.40. The van der Waals surface area contributed by atoms with E-state index in [-0.39, 0.29) is 77.1 Å². The van der Waals surface area contributed by atoms with Crippen molar-refractivity contribution in [2.75, 3.05) is 19.8 Å². The number of nitrogens with one attached hydrogen (secondary N) is 3. The van der Waals surface area contributed by atoms with E-state index in [1.165, 1.54) is 11.8 Å². The number of carbonyl (C=O) groups excluding carboxylic acids is 6. The van der Waals surface area contributed by atoms with Crippen LogP contribution >= 0.6 is 0 Å². The van der Waals surface area contributed by atoms with Crippen LogP contribution in [0, 0.1) is 18.8 Å². The molecule has 16 heteroatoms. The summed E-state index contributed by atoms with van der Waals surface area (Å²) in [6, 6.07) is -2.89. The van der Waals surface area contributed by atoms with Crippen molar-refractivity contribution in [3.8, 4) is 0 Å². The number of carboxylic acid groups (broad SMARTS) is 1. The zero-order chi connectivity index (χ0) is 35.5. The Morgan fingerprint density at radius 3 is 2.31 bits per heavy atom. The van der Waals surface area contributed by atoms with Crippen molar-refractivity contribution in [3.05, 3.63) is 6.92 Å². The first-order valence-corrected chi connectivity index (χ1v) is 16.2. The van der Waals surface area contributed by atoms with Gasteiger partial charge in [0.25, 0.3) is 0 Å². The van der Waals surface area contributed by atoms with E-state index in [4.69, 9.17) is 22.4 Å². The second-order valence-corrected chi connectivity index (χ2v) is 13.5. The number of ether oxygens (including phenoxy) is 2. The summed E-state index contributed by atoms with van der Waals surface area (Å²) in [7, 11) is 6.07. The molecule has 0 spiro atoms. The molecule has 5 unspecified atom stereocenters. The van der Waals surface area contributed by atoms with Gasteiger partial charge in [-0.3, -0.25) is 28.8 Å². The van der Waals surface area contributed by atoms with E-state index in [0.717, 1.165) is 0 Å². The molecule has 2 fully saturated rings. The van der Waals surface area contributed by atoms with Crippen LogP contribution in [0.4, 0.5) is 0 Å². The van der Waals surface area contributed by atoms with E-state index in [0.29, 0.717) is 32.1 Å². The molecule has 4 amide bonds. The molecule has 7 atom stereocenters. The van der Waals surface area contributed by atoms with Gasteiger partial charge in [0.15, 0.2) is 5.78 Å². The summed E-state index contributed by atoms with van der Waals surface area (Å²) < 4.78 is 10.0. The molecule has 0 bridgehead atoms. The van der Waals surface area contributed by atoms with Gasteiger partial charge in [0.1, 0.15) is 36.9 Å². The van der Waals surface area contributed by atoms with Crippen molar-refractivity contribution in [3.63, 3.8) is 0 Å². The molecule has 268 valence electrons. The van der Waals surface area contributed by atoms with Crippen LogP contribution in [0.5, 0.6) is 0 Å². The number of Topliss-reactive ketones (excluding diaryl/α,β-unsaturated/α-hetero) is 1. The number of rotatable bonds is 18. The maximum absolute atomic E-state index is 13.8. The Bertz CT molecular complexity index is 1160. The number of hydrogen-bond acceptors (Lipinski definition) is 9. The van der Waals surface area contributed by atoms with E-state index in [9.17, 15) is 33.6 Å². The Morgan fingerprint density at radius 1 is 1.04 bits per heavy atom. The van der Waals surface area contributed by atoms with E-state index in [2.05, 4.69) is 22.9 Å². The fraction of sp³-hybridized carbons (Fsp3) is 0.750. The van der Waals surface area contributed by atoms with Crippen LogP contribution in [0.3, 0.4) is 0 Å². The standard InChI is InChI=1S/C32H50BN4O10.Mo/c1-18(2)22-15-20-10-12-24(30(44)35-19(3)28(42)34-14-8-7-9-21(38)16-46-17-25(39)40)37(20)31(45)27(22)36-29(43)23(33)11-13-26(41)47-32(4,5)6;/h18-20,22-24,27H,1,7-17H2,2-6H3,(H,34,42)(H,35,44)(H,36,43)(H,39,40);/q-1;/t18?,19?,20?,22?,23?,24-,27-;/m0./s1. The van der Waals surface area contributed by atoms with Gasteiger partial charge in [0.2, 0.25) is 23.6 Å². The number of unbranched alkanes of at least 4 members (excludes halogenated alkanes) is 1. The third-order valence-electron chi connectivity index (χ3n) is 8.17. The van der Waals surface area contributed by atoms with Crippen LogP contribution in [0.2, 0.25) is 5.82 Å². The van der Waals surface area contributed by atoms with Crippen molar-refractivity contribution in [2.45, 2.75) is 122 Å². The summed E-state index contributed by atoms with van der Waals surface area (Å²) >= 11 is 0. The third-order valence-corrected chi connectivity index (χ3v) is 8.17. The van der Waals surface area contributed by atoms with Crippen molar-refractivity contribution in [2.24, 2.45) is 11.8 Å².